The van der Waals surface area contributed by atoms with Gasteiger partial charge >= 0.3 is 0 Å². The maximum atomic E-state index is 13.4. The van der Waals surface area contributed by atoms with Gasteiger partial charge in [-0.15, -0.1) is 0 Å². The van der Waals surface area contributed by atoms with Crippen LogP contribution in [-0.2, 0) is 11.3 Å². The molecular weight excluding hydrogens is 415 g/mol. The number of pyridine rings is 2. The Morgan fingerprint density at radius 2 is 1.87 bits per heavy atom. The normalized spacial score (nSPS) is 18.5. The SMILES string of the molecule is COC1CCC(Nc2cc(-c3cccc(NCc4cccc(F)c4)n3)c(Cl)cn2)CC1. The summed E-state index contributed by atoms with van der Waals surface area (Å²) in [4.78, 5) is 9.14. The smallest absolute Gasteiger partial charge is 0.126 e. The van der Waals surface area contributed by atoms with E-state index in [0.717, 1.165) is 48.3 Å². The number of hydrogen-bond acceptors (Lipinski definition) is 5. The Morgan fingerprint density at radius 3 is 2.65 bits per heavy atom. The van der Waals surface area contributed by atoms with Crippen molar-refractivity contribution in [2.75, 3.05) is 17.7 Å². The van der Waals surface area contributed by atoms with Crippen LogP contribution in [-0.4, -0.2) is 29.2 Å². The first-order chi connectivity index (χ1) is 15.1. The molecule has 1 fully saturated rings. The second-order valence-corrected chi connectivity index (χ2v) is 8.20. The number of anilines is 2. The number of rotatable bonds is 7. The van der Waals surface area contributed by atoms with Crippen molar-refractivity contribution in [3.63, 3.8) is 0 Å². The van der Waals surface area contributed by atoms with Crippen LogP contribution in [0.15, 0.2) is 54.7 Å². The highest BCUT2D eigenvalue weighted by molar-refractivity contribution is 6.33. The minimum Gasteiger partial charge on any atom is -0.381 e. The summed E-state index contributed by atoms with van der Waals surface area (Å²) in [5.41, 5.74) is 2.42. The molecule has 1 aliphatic carbocycles. The molecule has 3 aromatic rings. The van der Waals surface area contributed by atoms with Crippen molar-refractivity contribution in [3.05, 3.63) is 71.1 Å². The van der Waals surface area contributed by atoms with Gasteiger partial charge in [0, 0.05) is 31.5 Å². The molecule has 2 N–H and O–H groups in total. The molecule has 2 aromatic heterocycles. The standard InChI is InChI=1S/C24H26ClFN4O/c1-31-19-10-8-18(9-11-19)29-24-13-20(21(25)15-28-24)22-6-3-7-23(30-22)27-14-16-4-2-5-17(26)12-16/h2-7,12-13,15,18-19H,8-11,14H2,1H3,(H,27,30)(H,28,29). The van der Waals surface area contributed by atoms with Gasteiger partial charge in [-0.25, -0.2) is 14.4 Å². The van der Waals surface area contributed by atoms with Crippen LogP contribution < -0.4 is 10.6 Å². The fourth-order valence-corrected chi connectivity index (χ4v) is 4.09. The molecule has 31 heavy (non-hydrogen) atoms. The first kappa shape index (κ1) is 21.5. The summed E-state index contributed by atoms with van der Waals surface area (Å²) >= 11 is 6.45. The summed E-state index contributed by atoms with van der Waals surface area (Å²) < 4.78 is 18.8. The molecule has 1 saturated carbocycles. The van der Waals surface area contributed by atoms with E-state index in [-0.39, 0.29) is 5.82 Å². The van der Waals surface area contributed by atoms with E-state index in [1.54, 1.807) is 19.4 Å². The summed E-state index contributed by atoms with van der Waals surface area (Å²) in [6, 6.07) is 14.6. The molecule has 0 radical (unpaired) electrons. The number of hydrogen-bond donors (Lipinski definition) is 2. The van der Waals surface area contributed by atoms with Crippen LogP contribution in [0.3, 0.4) is 0 Å². The van der Waals surface area contributed by atoms with E-state index in [0.29, 0.717) is 29.5 Å². The molecule has 2 heterocycles. The quantitative estimate of drug-likeness (QED) is 0.477. The Hall–Kier alpha value is -2.70. The van der Waals surface area contributed by atoms with E-state index in [4.69, 9.17) is 16.3 Å². The molecule has 1 aliphatic rings. The molecule has 0 aliphatic heterocycles. The van der Waals surface area contributed by atoms with Crippen LogP contribution in [0.2, 0.25) is 5.02 Å². The van der Waals surface area contributed by atoms with Crippen molar-refractivity contribution in [2.24, 2.45) is 0 Å². The van der Waals surface area contributed by atoms with Gasteiger partial charge in [-0.05, 0) is 61.6 Å². The summed E-state index contributed by atoms with van der Waals surface area (Å²) in [7, 11) is 1.78. The molecule has 7 heteroatoms. The van der Waals surface area contributed by atoms with Crippen molar-refractivity contribution in [2.45, 2.75) is 44.4 Å². The molecular formula is C24H26ClFN4O. The molecule has 162 valence electrons. The number of halogens is 2. The van der Waals surface area contributed by atoms with Crippen LogP contribution in [0.25, 0.3) is 11.3 Å². The lowest BCUT2D eigenvalue weighted by atomic mass is 9.93. The Kier molecular flexibility index (Phi) is 6.99. The predicted molar refractivity (Wildman–Crippen MR) is 123 cm³/mol. The zero-order valence-electron chi connectivity index (χ0n) is 17.4. The van der Waals surface area contributed by atoms with E-state index in [1.807, 2.05) is 30.3 Å². The Morgan fingerprint density at radius 1 is 1.06 bits per heavy atom. The van der Waals surface area contributed by atoms with Gasteiger partial charge < -0.3 is 15.4 Å². The summed E-state index contributed by atoms with van der Waals surface area (Å²) in [6.45, 7) is 0.481. The monoisotopic (exact) mass is 440 g/mol. The zero-order valence-corrected chi connectivity index (χ0v) is 18.2. The molecule has 0 spiro atoms. The average Bonchev–Trinajstić information content (AvgIpc) is 2.80. The van der Waals surface area contributed by atoms with Crippen molar-refractivity contribution < 1.29 is 9.13 Å². The third-order valence-electron chi connectivity index (χ3n) is 5.60. The topological polar surface area (TPSA) is 59.1 Å². The Balaban J connectivity index is 1.46. The Bertz CT molecular complexity index is 1020. The molecule has 0 unspecified atom stereocenters. The van der Waals surface area contributed by atoms with Crippen molar-refractivity contribution in [3.8, 4) is 11.3 Å². The first-order valence-electron chi connectivity index (χ1n) is 10.5. The highest BCUT2D eigenvalue weighted by Gasteiger charge is 2.21. The van der Waals surface area contributed by atoms with E-state index >= 15 is 0 Å². The van der Waals surface area contributed by atoms with E-state index in [1.165, 1.54) is 12.1 Å². The lowest BCUT2D eigenvalue weighted by Gasteiger charge is -2.28. The number of methoxy groups -OCH3 is 1. The maximum absolute atomic E-state index is 13.4. The van der Waals surface area contributed by atoms with E-state index < -0.39 is 0 Å². The molecule has 0 atom stereocenters. The van der Waals surface area contributed by atoms with Crippen LogP contribution in [0.4, 0.5) is 16.0 Å². The fraction of sp³-hybridized carbons (Fsp3) is 0.333. The lowest BCUT2D eigenvalue weighted by Crippen LogP contribution is -2.29. The van der Waals surface area contributed by atoms with Crippen molar-refractivity contribution in [1.29, 1.82) is 0 Å². The third-order valence-corrected chi connectivity index (χ3v) is 5.90. The third kappa shape index (κ3) is 5.71. The van der Waals surface area contributed by atoms with Gasteiger partial charge in [0.25, 0.3) is 0 Å². The zero-order chi connectivity index (χ0) is 21.6. The highest BCUT2D eigenvalue weighted by Crippen LogP contribution is 2.30. The van der Waals surface area contributed by atoms with Gasteiger partial charge in [-0.1, -0.05) is 29.8 Å². The first-order valence-corrected chi connectivity index (χ1v) is 10.9. The summed E-state index contributed by atoms with van der Waals surface area (Å²) in [5, 5.41) is 7.31. The van der Waals surface area contributed by atoms with Gasteiger partial charge in [0.1, 0.15) is 17.5 Å². The molecule has 1 aromatic carbocycles. The largest absolute Gasteiger partial charge is 0.381 e. The summed E-state index contributed by atoms with van der Waals surface area (Å²) in [6.07, 6.45) is 6.23. The van der Waals surface area contributed by atoms with Crippen molar-refractivity contribution in [1.82, 2.24) is 9.97 Å². The van der Waals surface area contributed by atoms with Gasteiger partial charge in [-0.3, -0.25) is 0 Å². The number of nitrogens with zero attached hydrogens (tertiary/aromatic N) is 2. The number of nitrogens with one attached hydrogen (secondary N) is 2. The molecule has 5 nitrogen and oxygen atoms in total. The second kappa shape index (κ2) is 10.1. The van der Waals surface area contributed by atoms with Crippen LogP contribution in [0, 0.1) is 5.82 Å². The average molecular weight is 441 g/mol. The lowest BCUT2D eigenvalue weighted by molar-refractivity contribution is 0.0681. The number of aromatic nitrogens is 2. The van der Waals surface area contributed by atoms with Gasteiger partial charge in [-0.2, -0.15) is 0 Å². The maximum Gasteiger partial charge on any atom is 0.126 e. The minimum atomic E-state index is -0.250. The van der Waals surface area contributed by atoms with E-state index in [2.05, 4.69) is 20.6 Å². The molecule has 0 saturated heterocycles. The van der Waals surface area contributed by atoms with Crippen LogP contribution in [0.1, 0.15) is 31.2 Å². The summed E-state index contributed by atoms with van der Waals surface area (Å²) in [5.74, 6) is 1.24. The minimum absolute atomic E-state index is 0.250. The number of benzene rings is 1. The molecule has 0 bridgehead atoms. The van der Waals surface area contributed by atoms with Crippen molar-refractivity contribution >= 4 is 23.2 Å². The highest BCUT2D eigenvalue weighted by atomic mass is 35.5. The molecule has 4 rings (SSSR count). The van der Waals surface area contributed by atoms with Crippen LogP contribution in [0.5, 0.6) is 0 Å². The predicted octanol–water partition coefficient (Wildman–Crippen LogP) is 5.92. The van der Waals surface area contributed by atoms with Gasteiger partial charge in [0.15, 0.2) is 0 Å². The van der Waals surface area contributed by atoms with Gasteiger partial charge in [0.2, 0.25) is 0 Å². The van der Waals surface area contributed by atoms with Gasteiger partial charge in [0.05, 0.1) is 16.8 Å². The molecule has 0 amide bonds. The van der Waals surface area contributed by atoms with E-state index in [9.17, 15) is 4.39 Å². The Labute approximate surface area is 187 Å². The number of ether oxygens (including phenoxy) is 1. The second-order valence-electron chi connectivity index (χ2n) is 7.79. The fourth-order valence-electron chi connectivity index (χ4n) is 3.89. The van der Waals surface area contributed by atoms with Crippen LogP contribution >= 0.6 is 11.6 Å².